The molecule has 0 saturated heterocycles. The number of benzene rings is 2. The SMILES string of the molecule is CCCn1c(C(=O)NCCc2ccccn2)cc2cc(NC(=O)c3ccc(C)cc3)ccc21. The summed E-state index contributed by atoms with van der Waals surface area (Å²) in [7, 11) is 0. The maximum atomic E-state index is 13.0. The molecule has 0 spiro atoms. The smallest absolute Gasteiger partial charge is 0.267 e. The van der Waals surface area contributed by atoms with Gasteiger partial charge in [-0.2, -0.15) is 0 Å². The Hall–Kier alpha value is -3.93. The number of fused-ring (bicyclic) bond motifs is 1. The Morgan fingerprint density at radius 3 is 2.52 bits per heavy atom. The zero-order chi connectivity index (χ0) is 23.2. The zero-order valence-electron chi connectivity index (χ0n) is 19.0. The molecule has 0 saturated carbocycles. The van der Waals surface area contributed by atoms with Gasteiger partial charge in [0.05, 0.1) is 0 Å². The molecule has 168 valence electrons. The lowest BCUT2D eigenvalue weighted by Crippen LogP contribution is -2.28. The lowest BCUT2D eigenvalue weighted by Gasteiger charge is -2.10. The number of hydrogen-bond donors (Lipinski definition) is 2. The highest BCUT2D eigenvalue weighted by Gasteiger charge is 2.16. The van der Waals surface area contributed by atoms with E-state index >= 15 is 0 Å². The number of amides is 2. The minimum absolute atomic E-state index is 0.110. The van der Waals surface area contributed by atoms with Gasteiger partial charge in [0.15, 0.2) is 0 Å². The molecule has 0 atom stereocenters. The van der Waals surface area contributed by atoms with E-state index in [-0.39, 0.29) is 11.8 Å². The number of anilines is 1. The van der Waals surface area contributed by atoms with Crippen molar-refractivity contribution in [3.63, 3.8) is 0 Å². The molecule has 0 fully saturated rings. The molecule has 33 heavy (non-hydrogen) atoms. The van der Waals surface area contributed by atoms with E-state index in [4.69, 9.17) is 0 Å². The normalized spacial score (nSPS) is 10.8. The van der Waals surface area contributed by atoms with E-state index in [1.807, 2.05) is 78.2 Å². The molecule has 0 aliphatic heterocycles. The van der Waals surface area contributed by atoms with Crippen molar-refractivity contribution in [3.05, 3.63) is 95.4 Å². The van der Waals surface area contributed by atoms with E-state index in [1.165, 1.54) is 0 Å². The monoisotopic (exact) mass is 440 g/mol. The minimum Gasteiger partial charge on any atom is -0.350 e. The van der Waals surface area contributed by atoms with Crippen LogP contribution in [-0.4, -0.2) is 27.9 Å². The first kappa shape index (κ1) is 22.3. The van der Waals surface area contributed by atoms with Crippen LogP contribution in [-0.2, 0) is 13.0 Å². The van der Waals surface area contributed by atoms with Crippen LogP contribution in [0, 0.1) is 6.92 Å². The van der Waals surface area contributed by atoms with E-state index in [9.17, 15) is 9.59 Å². The minimum atomic E-state index is -0.158. The Balaban J connectivity index is 1.51. The van der Waals surface area contributed by atoms with Gasteiger partial charge in [0.25, 0.3) is 11.8 Å². The number of pyridine rings is 1. The van der Waals surface area contributed by atoms with Gasteiger partial charge in [-0.3, -0.25) is 14.6 Å². The molecule has 2 heterocycles. The van der Waals surface area contributed by atoms with Crippen molar-refractivity contribution in [1.82, 2.24) is 14.9 Å². The molecule has 0 aliphatic rings. The summed E-state index contributed by atoms with van der Waals surface area (Å²) in [6.07, 6.45) is 3.34. The van der Waals surface area contributed by atoms with Crippen molar-refractivity contribution in [2.24, 2.45) is 0 Å². The van der Waals surface area contributed by atoms with Crippen LogP contribution in [0.3, 0.4) is 0 Å². The van der Waals surface area contributed by atoms with Crippen LogP contribution >= 0.6 is 0 Å². The number of nitrogens with zero attached hydrogens (tertiary/aromatic N) is 2. The molecular weight excluding hydrogens is 412 g/mol. The van der Waals surface area contributed by atoms with Crippen molar-refractivity contribution in [3.8, 4) is 0 Å². The van der Waals surface area contributed by atoms with Crippen LogP contribution in [0.2, 0.25) is 0 Å². The highest BCUT2D eigenvalue weighted by Crippen LogP contribution is 2.25. The lowest BCUT2D eigenvalue weighted by atomic mass is 10.1. The largest absolute Gasteiger partial charge is 0.350 e. The molecule has 4 rings (SSSR count). The molecule has 2 amide bonds. The highest BCUT2D eigenvalue weighted by molar-refractivity contribution is 6.06. The maximum Gasteiger partial charge on any atom is 0.267 e. The van der Waals surface area contributed by atoms with Gasteiger partial charge in [0.2, 0.25) is 0 Å². The summed E-state index contributed by atoms with van der Waals surface area (Å²) in [5.74, 6) is -0.268. The molecule has 6 nitrogen and oxygen atoms in total. The molecule has 6 heteroatoms. The molecule has 0 radical (unpaired) electrons. The van der Waals surface area contributed by atoms with Gasteiger partial charge in [-0.05, 0) is 61.9 Å². The Morgan fingerprint density at radius 1 is 0.970 bits per heavy atom. The summed E-state index contributed by atoms with van der Waals surface area (Å²) in [5.41, 5.74) is 4.95. The average molecular weight is 441 g/mol. The van der Waals surface area contributed by atoms with E-state index in [0.717, 1.165) is 35.1 Å². The molecule has 0 bridgehead atoms. The van der Waals surface area contributed by atoms with Crippen molar-refractivity contribution < 1.29 is 9.59 Å². The van der Waals surface area contributed by atoms with Gasteiger partial charge < -0.3 is 15.2 Å². The third-order valence-corrected chi connectivity index (χ3v) is 5.55. The third-order valence-electron chi connectivity index (χ3n) is 5.55. The van der Waals surface area contributed by atoms with Gasteiger partial charge in [0.1, 0.15) is 5.69 Å². The Bertz CT molecular complexity index is 1260. The summed E-state index contributed by atoms with van der Waals surface area (Å²) < 4.78 is 2.04. The first-order valence-corrected chi connectivity index (χ1v) is 11.2. The molecular formula is C27H28N4O2. The second-order valence-electron chi connectivity index (χ2n) is 8.10. The van der Waals surface area contributed by atoms with Crippen molar-refractivity contribution in [2.75, 3.05) is 11.9 Å². The van der Waals surface area contributed by atoms with Crippen molar-refractivity contribution >= 4 is 28.4 Å². The van der Waals surface area contributed by atoms with Gasteiger partial charge >= 0.3 is 0 Å². The Labute approximate surface area is 193 Å². The first-order chi connectivity index (χ1) is 16.0. The van der Waals surface area contributed by atoms with Crippen LogP contribution in [0.25, 0.3) is 10.9 Å². The number of aromatic nitrogens is 2. The lowest BCUT2D eigenvalue weighted by molar-refractivity contribution is 0.0944. The van der Waals surface area contributed by atoms with Gasteiger partial charge in [-0.25, -0.2) is 0 Å². The van der Waals surface area contributed by atoms with Crippen LogP contribution in [0.1, 0.15) is 45.4 Å². The van der Waals surface area contributed by atoms with Crippen molar-refractivity contribution in [1.29, 1.82) is 0 Å². The van der Waals surface area contributed by atoms with Gasteiger partial charge in [-0.15, -0.1) is 0 Å². The standard InChI is InChI=1S/C27H28N4O2/c1-3-16-31-24-12-11-23(30-26(32)20-9-7-19(2)8-10-20)17-21(24)18-25(31)27(33)29-15-13-22-6-4-5-14-28-22/h4-12,14,17-18H,3,13,15-16H2,1-2H3,(H,29,33)(H,30,32). The van der Waals surface area contributed by atoms with Crippen LogP contribution in [0.4, 0.5) is 5.69 Å². The fourth-order valence-electron chi connectivity index (χ4n) is 3.85. The number of hydrogen-bond acceptors (Lipinski definition) is 3. The quantitative estimate of drug-likeness (QED) is 0.406. The van der Waals surface area contributed by atoms with Gasteiger partial charge in [-0.1, -0.05) is 30.7 Å². The van der Waals surface area contributed by atoms with Gasteiger partial charge in [0, 0.05) is 53.6 Å². The number of nitrogens with one attached hydrogen (secondary N) is 2. The summed E-state index contributed by atoms with van der Waals surface area (Å²) in [6.45, 7) is 5.33. The molecule has 0 aliphatic carbocycles. The highest BCUT2D eigenvalue weighted by atomic mass is 16.2. The van der Waals surface area contributed by atoms with Crippen LogP contribution in [0.15, 0.2) is 72.9 Å². The van der Waals surface area contributed by atoms with E-state index in [1.54, 1.807) is 6.20 Å². The maximum absolute atomic E-state index is 13.0. The van der Waals surface area contributed by atoms with Crippen LogP contribution < -0.4 is 10.6 Å². The number of carbonyl (C=O) groups is 2. The predicted molar refractivity (Wildman–Crippen MR) is 132 cm³/mol. The molecule has 4 aromatic rings. The molecule has 2 aromatic carbocycles. The fourth-order valence-corrected chi connectivity index (χ4v) is 3.85. The second-order valence-corrected chi connectivity index (χ2v) is 8.10. The second kappa shape index (κ2) is 10.1. The first-order valence-electron chi connectivity index (χ1n) is 11.2. The van der Waals surface area contributed by atoms with Crippen LogP contribution in [0.5, 0.6) is 0 Å². The fraction of sp³-hybridized carbons (Fsp3) is 0.222. The topological polar surface area (TPSA) is 76.0 Å². The average Bonchev–Trinajstić information content (AvgIpc) is 3.18. The molecule has 0 unspecified atom stereocenters. The van der Waals surface area contributed by atoms with Crippen molar-refractivity contribution in [2.45, 2.75) is 33.2 Å². The zero-order valence-corrected chi connectivity index (χ0v) is 19.0. The predicted octanol–water partition coefficient (Wildman–Crippen LogP) is 4.98. The van der Waals surface area contributed by atoms with E-state index in [2.05, 4.69) is 22.5 Å². The molecule has 2 N–H and O–H groups in total. The molecule has 2 aromatic heterocycles. The third kappa shape index (κ3) is 5.29. The summed E-state index contributed by atoms with van der Waals surface area (Å²) >= 11 is 0. The summed E-state index contributed by atoms with van der Waals surface area (Å²) in [6, 6.07) is 20.9. The number of aryl methyl sites for hydroxylation is 2. The Morgan fingerprint density at radius 2 is 1.79 bits per heavy atom. The summed E-state index contributed by atoms with van der Waals surface area (Å²) in [5, 5.41) is 6.88. The Kier molecular flexibility index (Phi) is 6.83. The number of carbonyl (C=O) groups excluding carboxylic acids is 2. The summed E-state index contributed by atoms with van der Waals surface area (Å²) in [4.78, 5) is 29.8. The van der Waals surface area contributed by atoms with E-state index < -0.39 is 0 Å². The van der Waals surface area contributed by atoms with E-state index in [0.29, 0.717) is 29.9 Å². The number of rotatable bonds is 8.